The van der Waals surface area contributed by atoms with Crippen LogP contribution in [0.5, 0.6) is 0 Å². The Morgan fingerprint density at radius 2 is 2.00 bits per heavy atom. The van der Waals surface area contributed by atoms with Crippen LogP contribution in [0, 0.1) is 6.92 Å². The van der Waals surface area contributed by atoms with Crippen LogP contribution in [-0.4, -0.2) is 39.9 Å². The molecule has 3 rings (SSSR count). The molecule has 0 spiro atoms. The van der Waals surface area contributed by atoms with Crippen molar-refractivity contribution in [2.45, 2.75) is 57.3 Å². The van der Waals surface area contributed by atoms with Crippen molar-refractivity contribution in [3.8, 4) is 0 Å². The number of halogens is 1. The zero-order valence-corrected chi connectivity index (χ0v) is 12.9. The molecular weight excluding hydrogens is 260 g/mol. The summed E-state index contributed by atoms with van der Waals surface area (Å²) in [6, 6.07) is 2.28. The van der Waals surface area contributed by atoms with Crippen molar-refractivity contribution in [3.63, 3.8) is 0 Å². The molecule has 1 N–H and O–H groups in total. The van der Waals surface area contributed by atoms with Crippen molar-refractivity contribution in [2.75, 3.05) is 7.05 Å². The number of nitrogens with one attached hydrogen (secondary N) is 1. The second-order valence-corrected chi connectivity index (χ2v) is 6.06. The summed E-state index contributed by atoms with van der Waals surface area (Å²) in [5.41, 5.74) is 2.66. The van der Waals surface area contributed by atoms with Crippen molar-refractivity contribution in [1.82, 2.24) is 20.0 Å². The maximum atomic E-state index is 4.33. The van der Waals surface area contributed by atoms with Gasteiger partial charge in [0.05, 0.1) is 6.20 Å². The Labute approximate surface area is 122 Å². The minimum atomic E-state index is 0. The Hall–Kier alpha value is -0.580. The average Bonchev–Trinajstić information content (AvgIpc) is 2.85. The van der Waals surface area contributed by atoms with Gasteiger partial charge in [-0.25, -0.2) is 0 Å². The van der Waals surface area contributed by atoms with E-state index in [0.717, 1.165) is 24.7 Å². The lowest BCUT2D eigenvalue weighted by Crippen LogP contribution is -2.46. The number of hydrogen-bond acceptors (Lipinski definition) is 3. The van der Waals surface area contributed by atoms with Gasteiger partial charge >= 0.3 is 0 Å². The number of nitrogens with zero attached hydrogens (tertiary/aromatic N) is 3. The highest BCUT2D eigenvalue weighted by Crippen LogP contribution is 2.29. The van der Waals surface area contributed by atoms with E-state index in [2.05, 4.69) is 29.3 Å². The molecule has 0 radical (unpaired) electrons. The van der Waals surface area contributed by atoms with Crippen LogP contribution >= 0.6 is 12.4 Å². The zero-order valence-electron chi connectivity index (χ0n) is 12.1. The predicted octanol–water partition coefficient (Wildman–Crippen LogP) is 1.87. The van der Waals surface area contributed by atoms with Crippen LogP contribution in [0.4, 0.5) is 0 Å². The topological polar surface area (TPSA) is 33.1 Å². The quantitative estimate of drug-likeness (QED) is 0.920. The number of fused-ring (bicyclic) bond motifs is 2. The molecule has 0 aliphatic carbocycles. The minimum Gasteiger partial charge on any atom is -0.311 e. The first-order valence-corrected chi connectivity index (χ1v) is 7.07. The first kappa shape index (κ1) is 14.8. The molecule has 19 heavy (non-hydrogen) atoms. The first-order valence-electron chi connectivity index (χ1n) is 7.07. The lowest BCUT2D eigenvalue weighted by molar-refractivity contribution is 0.165. The van der Waals surface area contributed by atoms with Crippen LogP contribution in [0.2, 0.25) is 0 Å². The zero-order chi connectivity index (χ0) is 12.7. The van der Waals surface area contributed by atoms with Crippen molar-refractivity contribution >= 4 is 12.4 Å². The summed E-state index contributed by atoms with van der Waals surface area (Å²) in [7, 11) is 4.28. The maximum absolute atomic E-state index is 4.33. The molecule has 2 bridgehead atoms. The van der Waals surface area contributed by atoms with E-state index in [9.17, 15) is 0 Å². The number of aromatic nitrogens is 2. The van der Waals surface area contributed by atoms with Crippen LogP contribution in [0.25, 0.3) is 0 Å². The van der Waals surface area contributed by atoms with Gasteiger partial charge in [0.15, 0.2) is 0 Å². The van der Waals surface area contributed by atoms with Gasteiger partial charge in [0.1, 0.15) is 0 Å². The fraction of sp³-hybridized carbons (Fsp3) is 0.786. The molecule has 0 amide bonds. The summed E-state index contributed by atoms with van der Waals surface area (Å²) in [5.74, 6) is 0. The molecule has 1 aromatic heterocycles. The fourth-order valence-electron chi connectivity index (χ4n) is 3.48. The van der Waals surface area contributed by atoms with Gasteiger partial charge in [0.2, 0.25) is 0 Å². The smallest absolute Gasteiger partial charge is 0.0537 e. The fourth-order valence-corrected chi connectivity index (χ4v) is 3.48. The third kappa shape index (κ3) is 2.96. The molecule has 3 heterocycles. The van der Waals surface area contributed by atoms with E-state index >= 15 is 0 Å². The Morgan fingerprint density at radius 3 is 2.53 bits per heavy atom. The summed E-state index contributed by atoms with van der Waals surface area (Å²) in [6.45, 7) is 3.19. The van der Waals surface area contributed by atoms with Crippen LogP contribution in [0.1, 0.15) is 36.9 Å². The van der Waals surface area contributed by atoms with Crippen molar-refractivity contribution in [3.05, 3.63) is 17.5 Å². The van der Waals surface area contributed by atoms with Gasteiger partial charge in [-0.3, -0.25) is 9.58 Å². The number of aryl methyl sites for hydroxylation is 1. The SMILES string of the molecule is Cc1c(CN(C)C2CC3CCC(C2)N3)cnn1C.Cl. The molecule has 2 aliphatic heterocycles. The van der Waals surface area contributed by atoms with E-state index < -0.39 is 0 Å². The molecule has 2 unspecified atom stereocenters. The maximum Gasteiger partial charge on any atom is 0.0537 e. The van der Waals surface area contributed by atoms with E-state index in [1.165, 1.54) is 36.9 Å². The lowest BCUT2D eigenvalue weighted by Gasteiger charge is -2.35. The molecule has 0 saturated carbocycles. The Bertz CT molecular complexity index is 419. The third-order valence-corrected chi connectivity index (χ3v) is 4.83. The lowest BCUT2D eigenvalue weighted by atomic mass is 9.98. The normalized spacial score (nSPS) is 29.6. The van der Waals surface area contributed by atoms with Crippen molar-refractivity contribution in [1.29, 1.82) is 0 Å². The van der Waals surface area contributed by atoms with Gasteiger partial charge < -0.3 is 5.32 Å². The monoisotopic (exact) mass is 284 g/mol. The van der Waals surface area contributed by atoms with Gasteiger partial charge in [-0.15, -0.1) is 12.4 Å². The van der Waals surface area contributed by atoms with Gasteiger partial charge in [-0.1, -0.05) is 0 Å². The van der Waals surface area contributed by atoms with E-state index in [-0.39, 0.29) is 12.4 Å². The second-order valence-electron chi connectivity index (χ2n) is 6.06. The third-order valence-electron chi connectivity index (χ3n) is 4.83. The van der Waals surface area contributed by atoms with E-state index in [0.29, 0.717) is 0 Å². The van der Waals surface area contributed by atoms with E-state index in [1.54, 1.807) is 0 Å². The highest BCUT2D eigenvalue weighted by molar-refractivity contribution is 5.85. The van der Waals surface area contributed by atoms with Gasteiger partial charge in [0.25, 0.3) is 0 Å². The molecule has 5 heteroatoms. The van der Waals surface area contributed by atoms with Gasteiger partial charge in [-0.2, -0.15) is 5.10 Å². The summed E-state index contributed by atoms with van der Waals surface area (Å²) in [4.78, 5) is 2.52. The minimum absolute atomic E-state index is 0. The summed E-state index contributed by atoms with van der Waals surface area (Å²) >= 11 is 0. The Kier molecular flexibility index (Phi) is 4.54. The van der Waals surface area contributed by atoms with Gasteiger partial charge in [0, 0.05) is 43.0 Å². The molecule has 0 aromatic carbocycles. The molecule has 4 nitrogen and oxygen atoms in total. The Balaban J connectivity index is 0.00000133. The first-order chi connectivity index (χ1) is 8.63. The molecule has 2 fully saturated rings. The number of hydrogen-bond donors (Lipinski definition) is 1. The van der Waals surface area contributed by atoms with Gasteiger partial charge in [-0.05, 0) is 39.7 Å². The molecule has 2 saturated heterocycles. The standard InChI is InChI=1S/C14H24N4.ClH/c1-10-11(8-15-18(10)3)9-17(2)14-6-12-4-5-13(7-14)16-12;/h8,12-14,16H,4-7,9H2,1-3H3;1H. The Morgan fingerprint density at radius 1 is 1.37 bits per heavy atom. The van der Waals surface area contributed by atoms with E-state index in [1.807, 2.05) is 17.9 Å². The van der Waals surface area contributed by atoms with Crippen molar-refractivity contribution < 1.29 is 0 Å². The van der Waals surface area contributed by atoms with Crippen LogP contribution in [0.15, 0.2) is 6.20 Å². The molecule has 108 valence electrons. The average molecular weight is 285 g/mol. The number of piperidine rings is 1. The predicted molar refractivity (Wildman–Crippen MR) is 79.6 cm³/mol. The van der Waals surface area contributed by atoms with Crippen LogP contribution in [0.3, 0.4) is 0 Å². The summed E-state index contributed by atoms with van der Waals surface area (Å²) in [5, 5.41) is 8.05. The van der Waals surface area contributed by atoms with Crippen LogP contribution in [-0.2, 0) is 13.6 Å². The summed E-state index contributed by atoms with van der Waals surface area (Å²) < 4.78 is 1.97. The molecular formula is C14H25ClN4. The second kappa shape index (κ2) is 5.81. The van der Waals surface area contributed by atoms with Crippen molar-refractivity contribution in [2.24, 2.45) is 7.05 Å². The van der Waals surface area contributed by atoms with Crippen LogP contribution < -0.4 is 5.32 Å². The molecule has 1 aromatic rings. The highest BCUT2D eigenvalue weighted by atomic mass is 35.5. The largest absolute Gasteiger partial charge is 0.311 e. The highest BCUT2D eigenvalue weighted by Gasteiger charge is 2.35. The summed E-state index contributed by atoms with van der Waals surface area (Å²) in [6.07, 6.45) is 7.39. The molecule has 2 aliphatic rings. The van der Waals surface area contributed by atoms with E-state index in [4.69, 9.17) is 0 Å². The number of rotatable bonds is 3. The molecule has 2 atom stereocenters.